The molecule has 2 rings (SSSR count). The zero-order valence-corrected chi connectivity index (χ0v) is 13.0. The highest BCUT2D eigenvalue weighted by Gasteiger charge is 2.18. The summed E-state index contributed by atoms with van der Waals surface area (Å²) in [6.07, 6.45) is 4.03. The second-order valence-corrected chi connectivity index (χ2v) is 6.51. The van der Waals surface area contributed by atoms with Crippen LogP contribution in [0.5, 0.6) is 0 Å². The second kappa shape index (κ2) is 8.00. The molecule has 19 heavy (non-hydrogen) atoms. The number of methoxy groups -OCH3 is 1. The van der Waals surface area contributed by atoms with E-state index in [0.717, 1.165) is 19.6 Å². The molecule has 0 bridgehead atoms. The number of nitrogens with zero attached hydrogens (tertiary/aromatic N) is 1. The zero-order valence-electron chi connectivity index (χ0n) is 12.2. The van der Waals surface area contributed by atoms with Gasteiger partial charge in [-0.2, -0.15) is 0 Å². The molecule has 1 N–H and O–H groups in total. The van der Waals surface area contributed by atoms with Gasteiger partial charge in [0, 0.05) is 43.0 Å². The molecule has 1 saturated heterocycles. The van der Waals surface area contributed by atoms with E-state index in [0.29, 0.717) is 6.10 Å². The maximum atomic E-state index is 5.42. The van der Waals surface area contributed by atoms with Crippen LogP contribution in [0.2, 0.25) is 0 Å². The Bertz CT molecular complexity index is 359. The summed E-state index contributed by atoms with van der Waals surface area (Å²) in [6.45, 7) is 7.77. The lowest BCUT2D eigenvalue weighted by molar-refractivity contribution is 0.0391. The minimum Gasteiger partial charge on any atom is -0.381 e. The molecule has 0 radical (unpaired) electrons. The van der Waals surface area contributed by atoms with E-state index in [4.69, 9.17) is 4.74 Å². The molecule has 3 nitrogen and oxygen atoms in total. The van der Waals surface area contributed by atoms with Gasteiger partial charge in [0.25, 0.3) is 0 Å². The van der Waals surface area contributed by atoms with Crippen LogP contribution in [0.3, 0.4) is 0 Å². The Kier molecular flexibility index (Phi) is 6.31. The summed E-state index contributed by atoms with van der Waals surface area (Å²) in [5.41, 5.74) is 0. The topological polar surface area (TPSA) is 24.5 Å². The Balaban J connectivity index is 1.74. The molecule has 1 aliphatic rings. The van der Waals surface area contributed by atoms with E-state index in [1.165, 1.54) is 42.1 Å². The molecule has 1 aromatic rings. The maximum absolute atomic E-state index is 5.42. The summed E-state index contributed by atoms with van der Waals surface area (Å²) in [4.78, 5) is 5.49. The zero-order chi connectivity index (χ0) is 13.5. The minimum absolute atomic E-state index is 0.480. The maximum Gasteiger partial charge on any atom is 0.0595 e. The summed E-state index contributed by atoms with van der Waals surface area (Å²) in [5, 5.41) is 3.46. The van der Waals surface area contributed by atoms with Gasteiger partial charge >= 0.3 is 0 Å². The molecule has 1 fully saturated rings. The number of piperidine rings is 1. The van der Waals surface area contributed by atoms with Crippen LogP contribution in [-0.4, -0.2) is 37.7 Å². The van der Waals surface area contributed by atoms with Gasteiger partial charge in [-0.05, 0) is 37.9 Å². The van der Waals surface area contributed by atoms with Gasteiger partial charge in [-0.25, -0.2) is 0 Å². The lowest BCUT2D eigenvalue weighted by atomic mass is 10.1. The first-order valence-corrected chi connectivity index (χ1v) is 8.17. The molecule has 2 heterocycles. The van der Waals surface area contributed by atoms with Crippen molar-refractivity contribution in [3.63, 3.8) is 0 Å². The number of hydrogen-bond donors (Lipinski definition) is 1. The largest absolute Gasteiger partial charge is 0.381 e. The first-order valence-electron chi connectivity index (χ1n) is 7.35. The monoisotopic (exact) mass is 282 g/mol. The van der Waals surface area contributed by atoms with Gasteiger partial charge in [0.05, 0.1) is 6.10 Å². The summed E-state index contributed by atoms with van der Waals surface area (Å²) in [7, 11) is 1.83. The van der Waals surface area contributed by atoms with Gasteiger partial charge in [0.1, 0.15) is 0 Å². The van der Waals surface area contributed by atoms with E-state index in [1.807, 2.05) is 18.4 Å². The SMILES string of the molecule is CCCNCc1ccc(CN2CCC(OC)CC2)s1. The number of thiophene rings is 1. The van der Waals surface area contributed by atoms with Crippen LogP contribution in [0.25, 0.3) is 0 Å². The normalized spacial score (nSPS) is 18.0. The van der Waals surface area contributed by atoms with E-state index in [9.17, 15) is 0 Å². The predicted molar refractivity (Wildman–Crippen MR) is 81.6 cm³/mol. The van der Waals surface area contributed by atoms with Crippen molar-refractivity contribution in [2.75, 3.05) is 26.7 Å². The molecule has 0 aliphatic carbocycles. The third-order valence-electron chi connectivity index (χ3n) is 3.69. The summed E-state index contributed by atoms with van der Waals surface area (Å²) >= 11 is 1.95. The first-order chi connectivity index (χ1) is 9.31. The summed E-state index contributed by atoms with van der Waals surface area (Å²) < 4.78 is 5.42. The summed E-state index contributed by atoms with van der Waals surface area (Å²) in [5.74, 6) is 0. The standard InChI is InChI=1S/C15H26N2OS/c1-3-8-16-11-14-4-5-15(19-14)12-17-9-6-13(18-2)7-10-17/h4-5,13,16H,3,6-12H2,1-2H3. The van der Waals surface area contributed by atoms with Crippen molar-refractivity contribution in [3.8, 4) is 0 Å². The fourth-order valence-electron chi connectivity index (χ4n) is 2.51. The number of ether oxygens (including phenoxy) is 1. The third-order valence-corrected chi connectivity index (χ3v) is 4.76. The molecule has 0 amide bonds. The molecule has 108 valence electrons. The van der Waals surface area contributed by atoms with Crippen LogP contribution < -0.4 is 5.32 Å². The van der Waals surface area contributed by atoms with Crippen molar-refractivity contribution in [3.05, 3.63) is 21.9 Å². The van der Waals surface area contributed by atoms with Crippen molar-refractivity contribution >= 4 is 11.3 Å². The Labute approximate surface area is 121 Å². The van der Waals surface area contributed by atoms with Crippen LogP contribution in [0.1, 0.15) is 35.9 Å². The van der Waals surface area contributed by atoms with Gasteiger partial charge in [0.2, 0.25) is 0 Å². The van der Waals surface area contributed by atoms with Gasteiger partial charge in [-0.15, -0.1) is 11.3 Å². The highest BCUT2D eigenvalue weighted by Crippen LogP contribution is 2.21. The highest BCUT2D eigenvalue weighted by molar-refractivity contribution is 7.11. The fraction of sp³-hybridized carbons (Fsp3) is 0.733. The van der Waals surface area contributed by atoms with Gasteiger partial charge in [-0.1, -0.05) is 6.92 Å². The second-order valence-electron chi connectivity index (χ2n) is 5.26. The van der Waals surface area contributed by atoms with Crippen LogP contribution in [0.15, 0.2) is 12.1 Å². The van der Waals surface area contributed by atoms with Crippen molar-refractivity contribution < 1.29 is 4.74 Å². The van der Waals surface area contributed by atoms with Gasteiger partial charge in [-0.3, -0.25) is 4.90 Å². The highest BCUT2D eigenvalue weighted by atomic mass is 32.1. The molecule has 0 saturated carbocycles. The number of nitrogens with one attached hydrogen (secondary N) is 1. The predicted octanol–water partition coefficient (Wildman–Crippen LogP) is 2.86. The Morgan fingerprint density at radius 3 is 2.74 bits per heavy atom. The Morgan fingerprint density at radius 2 is 2.05 bits per heavy atom. The summed E-state index contributed by atoms with van der Waals surface area (Å²) in [6, 6.07) is 4.56. The van der Waals surface area contributed by atoms with Crippen molar-refractivity contribution in [2.24, 2.45) is 0 Å². The number of rotatable bonds is 7. The van der Waals surface area contributed by atoms with Crippen molar-refractivity contribution in [1.82, 2.24) is 10.2 Å². The molecular formula is C15H26N2OS. The average Bonchev–Trinajstić information content (AvgIpc) is 2.88. The average molecular weight is 282 g/mol. The van der Waals surface area contributed by atoms with E-state index >= 15 is 0 Å². The smallest absolute Gasteiger partial charge is 0.0595 e. The van der Waals surface area contributed by atoms with Crippen LogP contribution >= 0.6 is 11.3 Å². The minimum atomic E-state index is 0.480. The number of hydrogen-bond acceptors (Lipinski definition) is 4. The van der Waals surface area contributed by atoms with Crippen molar-refractivity contribution in [2.45, 2.75) is 45.4 Å². The molecule has 0 unspecified atom stereocenters. The van der Waals surface area contributed by atoms with E-state index in [-0.39, 0.29) is 0 Å². The van der Waals surface area contributed by atoms with Crippen molar-refractivity contribution in [1.29, 1.82) is 0 Å². The Morgan fingerprint density at radius 1 is 1.32 bits per heavy atom. The number of likely N-dealkylation sites (tertiary alicyclic amines) is 1. The molecule has 0 aromatic carbocycles. The quantitative estimate of drug-likeness (QED) is 0.778. The lowest BCUT2D eigenvalue weighted by Gasteiger charge is -2.30. The van der Waals surface area contributed by atoms with E-state index in [1.54, 1.807) is 0 Å². The van der Waals surface area contributed by atoms with E-state index < -0.39 is 0 Å². The lowest BCUT2D eigenvalue weighted by Crippen LogP contribution is -2.35. The molecule has 4 heteroatoms. The molecular weight excluding hydrogens is 256 g/mol. The van der Waals surface area contributed by atoms with Gasteiger partial charge < -0.3 is 10.1 Å². The fourth-order valence-corrected chi connectivity index (χ4v) is 3.54. The Hall–Kier alpha value is -0.420. The van der Waals surface area contributed by atoms with Crippen LogP contribution in [0.4, 0.5) is 0 Å². The van der Waals surface area contributed by atoms with Gasteiger partial charge in [0.15, 0.2) is 0 Å². The molecule has 1 aliphatic heterocycles. The molecule has 0 atom stereocenters. The third kappa shape index (κ3) is 4.88. The molecule has 0 spiro atoms. The first kappa shape index (κ1) is 15.0. The van der Waals surface area contributed by atoms with E-state index in [2.05, 4.69) is 29.3 Å². The molecule has 1 aromatic heterocycles. The van der Waals surface area contributed by atoms with Crippen LogP contribution in [-0.2, 0) is 17.8 Å². The van der Waals surface area contributed by atoms with Crippen LogP contribution in [0, 0.1) is 0 Å².